The van der Waals surface area contributed by atoms with Crippen molar-refractivity contribution >= 4 is 29.5 Å². The Kier molecular flexibility index (Phi) is 24.6. The number of hydrogen-bond acceptors (Lipinski definition) is 7. The molecule has 254 valence electrons. The van der Waals surface area contributed by atoms with Crippen molar-refractivity contribution in [3.05, 3.63) is 0 Å². The molecule has 43 heavy (non-hydrogen) atoms. The quantitative estimate of drug-likeness (QED) is 0.128. The van der Waals surface area contributed by atoms with Gasteiger partial charge in [0.25, 0.3) is 0 Å². The van der Waals surface area contributed by atoms with Crippen molar-refractivity contribution in [3.8, 4) is 0 Å². The highest BCUT2D eigenvalue weighted by Gasteiger charge is 2.30. The average Bonchev–Trinajstić information content (AvgIpc) is 2.89. The molecule has 12 nitrogen and oxygen atoms in total. The van der Waals surface area contributed by atoms with Crippen LogP contribution in [0.4, 0.5) is 4.79 Å². The van der Waals surface area contributed by atoms with E-state index in [2.05, 4.69) is 26.6 Å². The highest BCUT2D eigenvalue weighted by atomic mass is 16.5. The maximum atomic E-state index is 13.0. The third-order valence-corrected chi connectivity index (χ3v) is 6.09. The van der Waals surface area contributed by atoms with Crippen LogP contribution in [0.1, 0.15) is 115 Å². The molecular weight excluding hydrogens is 552 g/mol. The van der Waals surface area contributed by atoms with Gasteiger partial charge in [0.2, 0.25) is 17.7 Å². The van der Waals surface area contributed by atoms with Crippen LogP contribution in [0.2, 0.25) is 0 Å². The largest absolute Gasteiger partial charge is 0.376 e. The minimum absolute atomic E-state index is 0.118. The van der Waals surface area contributed by atoms with E-state index in [1.807, 2.05) is 62.3 Å². The van der Waals surface area contributed by atoms with Gasteiger partial charge in [0.1, 0.15) is 6.04 Å². The summed E-state index contributed by atoms with van der Waals surface area (Å²) in [6, 6.07) is -2.99. The van der Waals surface area contributed by atoms with Gasteiger partial charge in [-0.3, -0.25) is 19.2 Å². The molecule has 0 aromatic rings. The number of primary amides is 1. The molecule has 0 heterocycles. The predicted octanol–water partition coefficient (Wildman–Crippen LogP) is 3.17. The van der Waals surface area contributed by atoms with Gasteiger partial charge < -0.3 is 37.1 Å². The monoisotopic (exact) mass is 616 g/mol. The normalized spacial score (nSPS) is 13.2. The standard InChI is InChI=1S/C27H52N6O6.2C2H6/c1-17(2)22(24(37)31-19(18(3)34)11-10-15-30-25(28)38)32-23(36)20(29-9)12-13-21(35)33-27(7,8)14-16-39-26(4,5)6;2*1-2/h17,19-20,22,29H,10-16H2,1-9H3,(H,31,37)(H,32,36)(H,33,35)(H3,28,30,38);2*1-2H3. The maximum Gasteiger partial charge on any atom is 0.312 e. The Labute approximate surface area is 261 Å². The van der Waals surface area contributed by atoms with Crippen LogP contribution in [0.5, 0.6) is 0 Å². The molecule has 0 aliphatic carbocycles. The average molecular weight is 617 g/mol. The number of Topliss-reactive ketones (excluding diaryl/α,β-unsaturated/α-hetero) is 1. The van der Waals surface area contributed by atoms with E-state index in [4.69, 9.17) is 10.5 Å². The topological polar surface area (TPSA) is 181 Å². The number of ether oxygens (including phenoxy) is 1. The van der Waals surface area contributed by atoms with Crippen molar-refractivity contribution in [1.82, 2.24) is 26.6 Å². The Hall–Kier alpha value is -2.73. The van der Waals surface area contributed by atoms with Gasteiger partial charge in [0, 0.05) is 25.1 Å². The third kappa shape index (κ3) is 23.4. The second-order valence-corrected chi connectivity index (χ2v) is 11.9. The molecule has 5 amide bonds. The fourth-order valence-electron chi connectivity index (χ4n) is 3.74. The van der Waals surface area contributed by atoms with E-state index in [1.54, 1.807) is 20.9 Å². The Balaban J connectivity index is -0.00000382. The van der Waals surface area contributed by atoms with E-state index < -0.39 is 41.5 Å². The van der Waals surface area contributed by atoms with Gasteiger partial charge in [-0.1, -0.05) is 41.5 Å². The second kappa shape index (κ2) is 23.7. The van der Waals surface area contributed by atoms with Gasteiger partial charge in [-0.2, -0.15) is 0 Å². The SMILES string of the molecule is CC.CC.CNC(CCC(=O)NC(C)(C)CCOC(C)(C)C)C(=O)NC(C(=O)NC(CCCNC(N)=O)C(C)=O)C(C)C. The Morgan fingerprint density at radius 3 is 1.84 bits per heavy atom. The number of nitrogens with one attached hydrogen (secondary N) is 5. The zero-order chi connectivity index (χ0) is 34.4. The van der Waals surface area contributed by atoms with E-state index >= 15 is 0 Å². The molecule has 0 saturated carbocycles. The Morgan fingerprint density at radius 2 is 1.40 bits per heavy atom. The Bertz CT molecular complexity index is 826. The fraction of sp³-hybridized carbons (Fsp3) is 0.839. The summed E-state index contributed by atoms with van der Waals surface area (Å²) in [5, 5.41) is 13.8. The summed E-state index contributed by atoms with van der Waals surface area (Å²) in [5.74, 6) is -1.56. The van der Waals surface area contributed by atoms with Crippen molar-refractivity contribution < 1.29 is 28.7 Å². The summed E-state index contributed by atoms with van der Waals surface area (Å²) in [5.41, 5.74) is 4.32. The number of nitrogens with two attached hydrogens (primary N) is 1. The lowest BCUT2D eigenvalue weighted by Crippen LogP contribution is -2.56. The first-order valence-corrected chi connectivity index (χ1v) is 15.6. The fourth-order valence-corrected chi connectivity index (χ4v) is 3.74. The molecule has 0 saturated heterocycles. The molecule has 0 aliphatic rings. The van der Waals surface area contributed by atoms with Crippen LogP contribution in [-0.4, -0.2) is 79.0 Å². The summed E-state index contributed by atoms with van der Waals surface area (Å²) in [6.45, 7) is 23.5. The molecule has 0 spiro atoms. The summed E-state index contributed by atoms with van der Waals surface area (Å²) >= 11 is 0. The molecule has 7 N–H and O–H groups in total. The van der Waals surface area contributed by atoms with Crippen LogP contribution in [-0.2, 0) is 23.9 Å². The lowest BCUT2D eigenvalue weighted by Gasteiger charge is -2.29. The highest BCUT2D eigenvalue weighted by Crippen LogP contribution is 2.14. The molecule has 0 aliphatic heterocycles. The van der Waals surface area contributed by atoms with Gasteiger partial charge in [0.05, 0.1) is 17.7 Å². The molecule has 0 radical (unpaired) electrons. The van der Waals surface area contributed by atoms with E-state index in [-0.39, 0.29) is 42.6 Å². The van der Waals surface area contributed by atoms with Gasteiger partial charge in [-0.15, -0.1) is 0 Å². The molecule has 3 unspecified atom stereocenters. The summed E-state index contributed by atoms with van der Waals surface area (Å²) in [6.07, 6.45) is 1.74. The van der Waals surface area contributed by atoms with Crippen LogP contribution >= 0.6 is 0 Å². The predicted molar refractivity (Wildman–Crippen MR) is 174 cm³/mol. The van der Waals surface area contributed by atoms with Crippen LogP contribution in [0.3, 0.4) is 0 Å². The summed E-state index contributed by atoms with van der Waals surface area (Å²) < 4.78 is 5.75. The van der Waals surface area contributed by atoms with Crippen molar-refractivity contribution in [2.75, 3.05) is 20.2 Å². The number of ketones is 1. The number of urea groups is 1. The van der Waals surface area contributed by atoms with E-state index in [1.165, 1.54) is 6.92 Å². The highest BCUT2D eigenvalue weighted by molar-refractivity contribution is 5.93. The van der Waals surface area contributed by atoms with Gasteiger partial charge in [0.15, 0.2) is 5.78 Å². The summed E-state index contributed by atoms with van der Waals surface area (Å²) in [4.78, 5) is 61.5. The summed E-state index contributed by atoms with van der Waals surface area (Å²) in [7, 11) is 1.62. The first-order chi connectivity index (χ1) is 19.9. The van der Waals surface area contributed by atoms with Crippen LogP contribution in [0, 0.1) is 5.92 Å². The smallest absolute Gasteiger partial charge is 0.312 e. The van der Waals surface area contributed by atoms with Crippen LogP contribution < -0.4 is 32.3 Å². The molecular formula is C31H64N6O6. The second-order valence-electron chi connectivity index (χ2n) is 11.9. The Morgan fingerprint density at radius 1 is 0.837 bits per heavy atom. The van der Waals surface area contributed by atoms with E-state index in [9.17, 15) is 24.0 Å². The minimum atomic E-state index is -0.880. The lowest BCUT2D eigenvalue weighted by atomic mass is 9.99. The minimum Gasteiger partial charge on any atom is -0.376 e. The van der Waals surface area contributed by atoms with Gasteiger partial charge in [-0.25, -0.2) is 4.79 Å². The molecule has 0 aromatic heterocycles. The molecule has 0 bridgehead atoms. The zero-order valence-corrected chi connectivity index (χ0v) is 29.3. The first kappa shape index (κ1) is 44.7. The van der Waals surface area contributed by atoms with Crippen molar-refractivity contribution in [3.63, 3.8) is 0 Å². The number of rotatable bonds is 18. The number of amides is 5. The molecule has 0 aromatic carbocycles. The van der Waals surface area contributed by atoms with Crippen molar-refractivity contribution in [2.24, 2.45) is 11.7 Å². The molecule has 3 atom stereocenters. The number of carbonyl (C=O) groups excluding carboxylic acids is 5. The van der Waals surface area contributed by atoms with Crippen LogP contribution in [0.25, 0.3) is 0 Å². The van der Waals surface area contributed by atoms with Crippen LogP contribution in [0.15, 0.2) is 0 Å². The lowest BCUT2D eigenvalue weighted by molar-refractivity contribution is -0.133. The third-order valence-electron chi connectivity index (χ3n) is 6.09. The molecule has 0 fully saturated rings. The van der Waals surface area contributed by atoms with Gasteiger partial charge in [-0.05, 0) is 80.2 Å². The van der Waals surface area contributed by atoms with E-state index in [0.29, 0.717) is 25.9 Å². The van der Waals surface area contributed by atoms with Gasteiger partial charge >= 0.3 is 6.03 Å². The maximum absolute atomic E-state index is 13.0. The molecule has 12 heteroatoms. The van der Waals surface area contributed by atoms with Crippen molar-refractivity contribution in [1.29, 1.82) is 0 Å². The van der Waals surface area contributed by atoms with E-state index in [0.717, 1.165) is 0 Å². The number of likely N-dealkylation sites (N-methyl/N-ethyl adjacent to an activating group) is 1. The zero-order valence-electron chi connectivity index (χ0n) is 29.3. The first-order valence-electron chi connectivity index (χ1n) is 15.6. The number of hydrogen-bond donors (Lipinski definition) is 6. The van der Waals surface area contributed by atoms with Crippen molar-refractivity contribution in [2.45, 2.75) is 144 Å². The number of carbonyl (C=O) groups is 5. The molecule has 0 rings (SSSR count).